The molecule has 0 fully saturated rings. The van der Waals surface area contributed by atoms with Crippen LogP contribution in [0, 0.1) is 17.0 Å². The number of nitrogens with one attached hydrogen (secondary N) is 1. The summed E-state index contributed by atoms with van der Waals surface area (Å²) in [6, 6.07) is 7.93. The smallest absolute Gasteiger partial charge is 0.329 e. The Kier molecular flexibility index (Phi) is 4.29. The SMILES string of the molecule is Cc1ccc(CN(C)c2nc(NN)ncc2[N+](=O)[O-])cc1. The number of hydrazine groups is 1. The Morgan fingerprint density at radius 2 is 2.05 bits per heavy atom. The van der Waals surface area contributed by atoms with Gasteiger partial charge >= 0.3 is 5.69 Å². The highest BCUT2D eigenvalue weighted by Crippen LogP contribution is 2.26. The number of benzene rings is 1. The number of anilines is 2. The highest BCUT2D eigenvalue weighted by Gasteiger charge is 2.20. The number of hydrogen-bond donors (Lipinski definition) is 2. The lowest BCUT2D eigenvalue weighted by molar-refractivity contribution is -0.384. The fourth-order valence-electron chi connectivity index (χ4n) is 1.89. The second-order valence-corrected chi connectivity index (χ2v) is 4.65. The predicted molar refractivity (Wildman–Crippen MR) is 79.8 cm³/mol. The van der Waals surface area contributed by atoms with Crippen molar-refractivity contribution in [1.82, 2.24) is 9.97 Å². The summed E-state index contributed by atoms with van der Waals surface area (Å²) in [5, 5.41) is 11.1. The van der Waals surface area contributed by atoms with Crippen LogP contribution < -0.4 is 16.2 Å². The van der Waals surface area contributed by atoms with E-state index in [-0.39, 0.29) is 17.5 Å². The van der Waals surface area contributed by atoms with Crippen molar-refractivity contribution in [2.75, 3.05) is 17.4 Å². The zero-order valence-corrected chi connectivity index (χ0v) is 11.8. The van der Waals surface area contributed by atoms with Crippen LogP contribution in [0.1, 0.15) is 11.1 Å². The van der Waals surface area contributed by atoms with E-state index in [0.717, 1.165) is 17.3 Å². The number of rotatable bonds is 5. The van der Waals surface area contributed by atoms with Gasteiger partial charge in [0.1, 0.15) is 6.20 Å². The lowest BCUT2D eigenvalue weighted by atomic mass is 10.1. The molecule has 0 saturated carbocycles. The van der Waals surface area contributed by atoms with Crippen LogP contribution in [0.3, 0.4) is 0 Å². The predicted octanol–water partition coefficient (Wildman–Crippen LogP) is 1.62. The summed E-state index contributed by atoms with van der Waals surface area (Å²) in [5.74, 6) is 5.59. The Morgan fingerprint density at radius 3 is 2.62 bits per heavy atom. The van der Waals surface area contributed by atoms with Crippen LogP contribution in [0.15, 0.2) is 30.5 Å². The van der Waals surface area contributed by atoms with Gasteiger partial charge in [0.15, 0.2) is 0 Å². The molecule has 0 atom stereocenters. The van der Waals surface area contributed by atoms with Crippen molar-refractivity contribution in [2.45, 2.75) is 13.5 Å². The minimum Gasteiger partial charge on any atom is -0.349 e. The number of aromatic nitrogens is 2. The Hall–Kier alpha value is -2.74. The molecule has 0 spiro atoms. The first-order valence-corrected chi connectivity index (χ1v) is 6.26. The highest BCUT2D eigenvalue weighted by atomic mass is 16.6. The molecule has 0 aliphatic carbocycles. The van der Waals surface area contributed by atoms with Crippen LogP contribution in [0.4, 0.5) is 17.5 Å². The molecule has 21 heavy (non-hydrogen) atoms. The molecule has 0 bridgehead atoms. The summed E-state index contributed by atoms with van der Waals surface area (Å²) in [7, 11) is 1.73. The average Bonchev–Trinajstić information content (AvgIpc) is 2.48. The topological polar surface area (TPSA) is 110 Å². The van der Waals surface area contributed by atoms with Gasteiger partial charge in [0.25, 0.3) is 0 Å². The maximum absolute atomic E-state index is 11.1. The Balaban J connectivity index is 2.30. The van der Waals surface area contributed by atoms with Gasteiger partial charge in [-0.05, 0) is 12.5 Å². The first-order valence-electron chi connectivity index (χ1n) is 6.26. The molecular formula is C13H16N6O2. The zero-order chi connectivity index (χ0) is 15.4. The minimum atomic E-state index is -0.513. The summed E-state index contributed by atoms with van der Waals surface area (Å²) >= 11 is 0. The fraction of sp³-hybridized carbons (Fsp3) is 0.231. The highest BCUT2D eigenvalue weighted by molar-refractivity contribution is 5.58. The Labute approximate surface area is 121 Å². The van der Waals surface area contributed by atoms with Gasteiger partial charge < -0.3 is 4.90 Å². The molecular weight excluding hydrogens is 272 g/mol. The molecule has 0 saturated heterocycles. The van der Waals surface area contributed by atoms with E-state index in [4.69, 9.17) is 5.84 Å². The van der Waals surface area contributed by atoms with E-state index in [1.54, 1.807) is 11.9 Å². The van der Waals surface area contributed by atoms with Gasteiger partial charge in [0.05, 0.1) is 4.92 Å². The molecule has 1 heterocycles. The van der Waals surface area contributed by atoms with Crippen molar-refractivity contribution in [3.8, 4) is 0 Å². The van der Waals surface area contributed by atoms with E-state index in [0.29, 0.717) is 6.54 Å². The molecule has 0 unspecified atom stereocenters. The largest absolute Gasteiger partial charge is 0.349 e. The van der Waals surface area contributed by atoms with E-state index < -0.39 is 4.92 Å². The second-order valence-electron chi connectivity index (χ2n) is 4.65. The fourth-order valence-corrected chi connectivity index (χ4v) is 1.89. The van der Waals surface area contributed by atoms with Crippen molar-refractivity contribution >= 4 is 17.5 Å². The lowest BCUT2D eigenvalue weighted by Gasteiger charge is -2.18. The number of nitrogens with two attached hydrogens (primary N) is 1. The molecule has 1 aromatic heterocycles. The molecule has 110 valence electrons. The van der Waals surface area contributed by atoms with Crippen LogP contribution in [0.2, 0.25) is 0 Å². The van der Waals surface area contributed by atoms with Gasteiger partial charge in [0, 0.05) is 13.6 Å². The molecule has 0 radical (unpaired) electrons. The van der Waals surface area contributed by atoms with Crippen molar-refractivity contribution in [2.24, 2.45) is 5.84 Å². The first kappa shape index (κ1) is 14.7. The van der Waals surface area contributed by atoms with Crippen LogP contribution in [-0.2, 0) is 6.54 Å². The monoisotopic (exact) mass is 288 g/mol. The van der Waals surface area contributed by atoms with Gasteiger partial charge in [-0.3, -0.25) is 15.5 Å². The third-order valence-corrected chi connectivity index (χ3v) is 2.98. The van der Waals surface area contributed by atoms with Crippen molar-refractivity contribution in [1.29, 1.82) is 0 Å². The van der Waals surface area contributed by atoms with E-state index in [1.165, 1.54) is 0 Å². The second kappa shape index (κ2) is 6.14. The normalized spacial score (nSPS) is 10.2. The van der Waals surface area contributed by atoms with Gasteiger partial charge in [-0.25, -0.2) is 10.8 Å². The molecule has 0 aliphatic heterocycles. The minimum absolute atomic E-state index is 0.131. The van der Waals surface area contributed by atoms with Crippen molar-refractivity contribution in [3.05, 3.63) is 51.7 Å². The average molecular weight is 288 g/mol. The van der Waals surface area contributed by atoms with Gasteiger partial charge in [0.2, 0.25) is 11.8 Å². The molecule has 0 aliphatic rings. The molecule has 2 aromatic rings. The molecule has 8 nitrogen and oxygen atoms in total. The summed E-state index contributed by atoms with van der Waals surface area (Å²) in [4.78, 5) is 20.1. The standard InChI is InChI=1S/C13H16N6O2/c1-9-3-5-10(6-4-9)8-18(2)12-11(19(20)21)7-15-13(16-12)17-14/h3-7H,8,14H2,1-2H3,(H,15,16,17). The summed E-state index contributed by atoms with van der Waals surface area (Å²) in [5.41, 5.74) is 4.31. The molecule has 1 aromatic carbocycles. The van der Waals surface area contributed by atoms with E-state index in [2.05, 4.69) is 15.4 Å². The first-order chi connectivity index (χ1) is 10.0. The van der Waals surface area contributed by atoms with Crippen molar-refractivity contribution in [3.63, 3.8) is 0 Å². The van der Waals surface area contributed by atoms with E-state index in [9.17, 15) is 10.1 Å². The molecule has 3 N–H and O–H groups in total. The number of nitrogens with zero attached hydrogens (tertiary/aromatic N) is 4. The third-order valence-electron chi connectivity index (χ3n) is 2.98. The van der Waals surface area contributed by atoms with Crippen LogP contribution in [0.25, 0.3) is 0 Å². The summed E-state index contributed by atoms with van der Waals surface area (Å²) in [6.07, 6.45) is 1.14. The quantitative estimate of drug-likeness (QED) is 0.488. The summed E-state index contributed by atoms with van der Waals surface area (Å²) < 4.78 is 0. The molecule has 0 amide bonds. The lowest BCUT2D eigenvalue weighted by Crippen LogP contribution is -2.21. The maximum Gasteiger partial charge on any atom is 0.329 e. The number of aryl methyl sites for hydroxylation is 1. The van der Waals surface area contributed by atoms with Crippen LogP contribution in [0.5, 0.6) is 0 Å². The Bertz CT molecular complexity index is 644. The molecule has 8 heteroatoms. The van der Waals surface area contributed by atoms with Gasteiger partial charge in [-0.2, -0.15) is 4.98 Å². The third kappa shape index (κ3) is 3.42. The zero-order valence-electron chi connectivity index (χ0n) is 11.8. The number of hydrogen-bond acceptors (Lipinski definition) is 7. The number of nitrogen functional groups attached to an aromatic ring is 1. The number of nitro groups is 1. The Morgan fingerprint density at radius 1 is 1.38 bits per heavy atom. The summed E-state index contributed by atoms with van der Waals surface area (Å²) in [6.45, 7) is 2.49. The van der Waals surface area contributed by atoms with E-state index in [1.807, 2.05) is 31.2 Å². The van der Waals surface area contributed by atoms with E-state index >= 15 is 0 Å². The van der Waals surface area contributed by atoms with Crippen molar-refractivity contribution < 1.29 is 4.92 Å². The van der Waals surface area contributed by atoms with Crippen LogP contribution in [-0.4, -0.2) is 21.9 Å². The van der Waals surface area contributed by atoms with Gasteiger partial charge in [-0.1, -0.05) is 29.8 Å². The van der Waals surface area contributed by atoms with Crippen LogP contribution >= 0.6 is 0 Å². The van der Waals surface area contributed by atoms with Gasteiger partial charge in [-0.15, -0.1) is 0 Å². The maximum atomic E-state index is 11.1. The molecule has 2 rings (SSSR count).